The summed E-state index contributed by atoms with van der Waals surface area (Å²) in [6.07, 6.45) is 0.886. The normalized spacial score (nSPS) is 10.5. The van der Waals surface area contributed by atoms with Crippen molar-refractivity contribution in [3.8, 4) is 6.07 Å². The van der Waals surface area contributed by atoms with Gasteiger partial charge in [0, 0.05) is 16.3 Å². The van der Waals surface area contributed by atoms with Gasteiger partial charge in [0.2, 0.25) is 0 Å². The molecule has 0 atom stereocenters. The number of carbonyl (C=O) groups is 1. The lowest BCUT2D eigenvalue weighted by Gasteiger charge is -2.22. The fourth-order valence-electron chi connectivity index (χ4n) is 3.44. The Kier molecular flexibility index (Phi) is 7.97. The van der Waals surface area contributed by atoms with E-state index in [-0.39, 0.29) is 5.91 Å². The Morgan fingerprint density at radius 3 is 2.29 bits per heavy atom. The van der Waals surface area contributed by atoms with Gasteiger partial charge in [-0.1, -0.05) is 60.7 Å². The molecule has 0 aliphatic rings. The van der Waals surface area contributed by atoms with E-state index in [0.29, 0.717) is 17.8 Å². The zero-order valence-corrected chi connectivity index (χ0v) is 20.4. The van der Waals surface area contributed by atoms with Gasteiger partial charge in [0.15, 0.2) is 5.13 Å². The summed E-state index contributed by atoms with van der Waals surface area (Å²) in [6.45, 7) is 2.52. The average Bonchev–Trinajstić information content (AvgIpc) is 3.27. The van der Waals surface area contributed by atoms with Gasteiger partial charge in [-0.25, -0.2) is 4.98 Å². The Morgan fingerprint density at radius 1 is 1.00 bits per heavy atom. The van der Waals surface area contributed by atoms with Gasteiger partial charge in [0.25, 0.3) is 5.91 Å². The van der Waals surface area contributed by atoms with Crippen LogP contribution in [0.15, 0.2) is 84.9 Å². The summed E-state index contributed by atoms with van der Waals surface area (Å²) >= 11 is 2.89. The molecule has 0 saturated carbocycles. The molecule has 0 fully saturated rings. The van der Waals surface area contributed by atoms with Gasteiger partial charge in [-0.05, 0) is 60.7 Å². The van der Waals surface area contributed by atoms with Crippen LogP contribution in [0.3, 0.4) is 0 Å². The van der Waals surface area contributed by atoms with Crippen molar-refractivity contribution < 1.29 is 4.79 Å². The van der Waals surface area contributed by atoms with Gasteiger partial charge in [-0.15, -0.1) is 11.3 Å². The van der Waals surface area contributed by atoms with Crippen LogP contribution in [0.2, 0.25) is 0 Å². The van der Waals surface area contributed by atoms with Crippen molar-refractivity contribution in [2.45, 2.75) is 19.9 Å². The Labute approximate surface area is 208 Å². The van der Waals surface area contributed by atoms with E-state index >= 15 is 0 Å². The topological polar surface area (TPSA) is 69.0 Å². The Bertz CT molecular complexity index is 1270. The summed E-state index contributed by atoms with van der Waals surface area (Å²) in [7, 11) is 0. The maximum Gasteiger partial charge on any atom is 0.280 e. The lowest BCUT2D eigenvalue weighted by Crippen LogP contribution is -2.19. The molecule has 0 saturated heterocycles. The predicted molar refractivity (Wildman–Crippen MR) is 140 cm³/mol. The maximum atomic E-state index is 12.8. The van der Waals surface area contributed by atoms with Crippen LogP contribution < -0.4 is 9.62 Å². The fourth-order valence-corrected chi connectivity index (χ4v) is 5.03. The lowest BCUT2D eigenvalue weighted by atomic mass is 10.2. The molecule has 0 unspecified atom stereocenters. The molecule has 170 valence electrons. The molecular weight excluding hydrogens is 460 g/mol. The molecule has 0 bridgehead atoms. The second-order valence-corrected chi connectivity index (χ2v) is 9.73. The molecule has 0 radical (unpaired) electrons. The molecule has 1 heterocycles. The molecule has 0 aliphatic heterocycles. The van der Waals surface area contributed by atoms with Crippen LogP contribution in [0, 0.1) is 18.3 Å². The molecule has 1 aromatic heterocycles. The van der Waals surface area contributed by atoms with E-state index in [1.165, 1.54) is 28.8 Å². The molecule has 0 aliphatic carbocycles. The molecule has 1 amide bonds. The minimum Gasteiger partial charge on any atom is -0.313 e. The van der Waals surface area contributed by atoms with E-state index < -0.39 is 0 Å². The largest absolute Gasteiger partial charge is 0.313 e. The number of aryl methyl sites for hydroxylation is 2. The number of hydrogen-bond donors (Lipinski definition) is 1. The third-order valence-corrected chi connectivity index (χ3v) is 6.96. The fraction of sp³-hybridized carbons (Fsp3) is 0.148. The summed E-state index contributed by atoms with van der Waals surface area (Å²) in [4.78, 5) is 20.5. The SMILES string of the molecule is Cc1sc(N(Cc2ccccc2)c2ccc(C#N)cc2)nc1C(=O)NSCCc1ccccc1. The molecule has 5 nitrogen and oxygen atoms in total. The summed E-state index contributed by atoms with van der Waals surface area (Å²) in [6, 6.07) is 29.9. The van der Waals surface area contributed by atoms with Crippen molar-refractivity contribution in [2.75, 3.05) is 10.7 Å². The second kappa shape index (κ2) is 11.5. The van der Waals surface area contributed by atoms with Crippen LogP contribution in [0.4, 0.5) is 10.8 Å². The minimum atomic E-state index is -0.183. The number of hydrogen-bond acceptors (Lipinski definition) is 6. The van der Waals surface area contributed by atoms with Crippen molar-refractivity contribution in [1.82, 2.24) is 9.71 Å². The Morgan fingerprint density at radius 2 is 1.65 bits per heavy atom. The van der Waals surface area contributed by atoms with Gasteiger partial charge < -0.3 is 4.90 Å². The number of rotatable bonds is 9. The average molecular weight is 485 g/mol. The summed E-state index contributed by atoms with van der Waals surface area (Å²) in [5.74, 6) is 0.606. The number of amides is 1. The molecule has 34 heavy (non-hydrogen) atoms. The lowest BCUT2D eigenvalue weighted by molar-refractivity contribution is 0.0979. The van der Waals surface area contributed by atoms with Crippen LogP contribution in [-0.4, -0.2) is 16.6 Å². The number of carbonyl (C=O) groups excluding carboxylic acids is 1. The van der Waals surface area contributed by atoms with E-state index in [1.807, 2.05) is 55.5 Å². The Hall–Kier alpha value is -3.60. The monoisotopic (exact) mass is 484 g/mol. The van der Waals surface area contributed by atoms with E-state index in [4.69, 9.17) is 10.2 Å². The standard InChI is InChI=1S/C27H24N4OS2/c1-20-25(26(32)30-33-17-16-21-8-4-2-5-9-21)29-27(34-20)31(19-23-10-6-3-7-11-23)24-14-12-22(18-28)13-15-24/h2-15H,16-17,19H2,1H3,(H,30,32). The molecule has 0 spiro atoms. The summed E-state index contributed by atoms with van der Waals surface area (Å²) in [5.41, 5.74) is 4.34. The minimum absolute atomic E-state index is 0.183. The first-order chi connectivity index (χ1) is 16.6. The van der Waals surface area contributed by atoms with Crippen molar-refractivity contribution in [3.05, 3.63) is 112 Å². The molecule has 1 N–H and O–H groups in total. The van der Waals surface area contributed by atoms with Crippen molar-refractivity contribution in [1.29, 1.82) is 5.26 Å². The highest BCUT2D eigenvalue weighted by atomic mass is 32.2. The number of benzene rings is 3. The first kappa shape index (κ1) is 23.6. The smallest absolute Gasteiger partial charge is 0.280 e. The van der Waals surface area contributed by atoms with Gasteiger partial charge in [0.05, 0.1) is 18.2 Å². The van der Waals surface area contributed by atoms with Gasteiger partial charge >= 0.3 is 0 Å². The van der Waals surface area contributed by atoms with Crippen LogP contribution in [-0.2, 0) is 13.0 Å². The maximum absolute atomic E-state index is 12.8. The first-order valence-electron chi connectivity index (χ1n) is 10.9. The van der Waals surface area contributed by atoms with Gasteiger partial charge in [0.1, 0.15) is 5.69 Å². The third kappa shape index (κ3) is 6.04. The third-order valence-electron chi connectivity index (χ3n) is 5.22. The highest BCUT2D eigenvalue weighted by Gasteiger charge is 2.20. The van der Waals surface area contributed by atoms with E-state index in [0.717, 1.165) is 33.4 Å². The number of nitrogens with one attached hydrogen (secondary N) is 1. The first-order valence-corrected chi connectivity index (χ1v) is 12.7. The van der Waals surface area contributed by atoms with E-state index in [9.17, 15) is 4.79 Å². The highest BCUT2D eigenvalue weighted by molar-refractivity contribution is 7.97. The van der Waals surface area contributed by atoms with E-state index in [1.54, 1.807) is 12.1 Å². The zero-order chi connectivity index (χ0) is 23.8. The molecule has 4 rings (SSSR count). The number of anilines is 2. The van der Waals surface area contributed by atoms with Crippen molar-refractivity contribution in [2.24, 2.45) is 0 Å². The van der Waals surface area contributed by atoms with Crippen LogP contribution in [0.25, 0.3) is 0 Å². The van der Waals surface area contributed by atoms with Gasteiger partial charge in [-0.3, -0.25) is 9.52 Å². The van der Waals surface area contributed by atoms with Crippen molar-refractivity contribution in [3.63, 3.8) is 0 Å². The van der Waals surface area contributed by atoms with Crippen LogP contribution in [0.1, 0.15) is 32.1 Å². The summed E-state index contributed by atoms with van der Waals surface area (Å²) in [5, 5.41) is 9.89. The van der Waals surface area contributed by atoms with Crippen molar-refractivity contribution >= 4 is 40.0 Å². The van der Waals surface area contributed by atoms with Crippen LogP contribution >= 0.6 is 23.3 Å². The molecular formula is C27H24N4OS2. The van der Waals surface area contributed by atoms with E-state index in [2.05, 4.69) is 40.0 Å². The Balaban J connectivity index is 1.49. The number of nitriles is 1. The number of aromatic nitrogens is 1. The quantitative estimate of drug-likeness (QED) is 0.224. The van der Waals surface area contributed by atoms with Crippen LogP contribution in [0.5, 0.6) is 0 Å². The predicted octanol–water partition coefficient (Wildman–Crippen LogP) is 6.28. The number of nitrogens with zero attached hydrogens (tertiary/aromatic N) is 3. The van der Waals surface area contributed by atoms with Gasteiger partial charge in [-0.2, -0.15) is 5.26 Å². The second-order valence-electron chi connectivity index (χ2n) is 7.65. The molecule has 3 aromatic carbocycles. The molecule has 7 heteroatoms. The summed E-state index contributed by atoms with van der Waals surface area (Å²) < 4.78 is 2.93. The molecule has 4 aromatic rings. The highest BCUT2D eigenvalue weighted by Crippen LogP contribution is 2.33. The number of thiazole rings is 1. The zero-order valence-electron chi connectivity index (χ0n) is 18.8.